The average Bonchev–Trinajstić information content (AvgIpc) is 3.12. The summed E-state index contributed by atoms with van der Waals surface area (Å²) in [6.45, 7) is 9.91. The number of hydrogen-bond donors (Lipinski definition) is 0. The molecule has 4 rings (SSSR count). The van der Waals surface area contributed by atoms with Gasteiger partial charge in [-0.25, -0.2) is 0 Å². The van der Waals surface area contributed by atoms with Crippen LogP contribution in [0.1, 0.15) is 18.4 Å². The molecule has 0 spiro atoms. The van der Waals surface area contributed by atoms with Crippen molar-refractivity contribution in [2.75, 3.05) is 58.9 Å². The molecular formula is C20H30N4O. The summed E-state index contributed by atoms with van der Waals surface area (Å²) >= 11 is 0. The second-order valence-electron chi connectivity index (χ2n) is 7.71. The van der Waals surface area contributed by atoms with Crippen LogP contribution in [0.25, 0.3) is 0 Å². The van der Waals surface area contributed by atoms with E-state index in [9.17, 15) is 4.79 Å². The van der Waals surface area contributed by atoms with Gasteiger partial charge in [-0.3, -0.25) is 19.5 Å². The van der Waals surface area contributed by atoms with Crippen LogP contribution in [0.15, 0.2) is 30.3 Å². The molecule has 1 unspecified atom stereocenters. The summed E-state index contributed by atoms with van der Waals surface area (Å²) in [6, 6.07) is 11.3. The third-order valence-corrected chi connectivity index (χ3v) is 6.01. The zero-order valence-electron chi connectivity index (χ0n) is 15.1. The molecule has 3 heterocycles. The average molecular weight is 342 g/mol. The summed E-state index contributed by atoms with van der Waals surface area (Å²) < 4.78 is 0. The second kappa shape index (κ2) is 7.85. The van der Waals surface area contributed by atoms with Gasteiger partial charge in [-0.2, -0.15) is 0 Å². The maximum absolute atomic E-state index is 12.7. The van der Waals surface area contributed by atoms with Crippen molar-refractivity contribution in [3.63, 3.8) is 0 Å². The molecule has 1 amide bonds. The highest BCUT2D eigenvalue weighted by atomic mass is 16.2. The largest absolute Gasteiger partial charge is 0.339 e. The van der Waals surface area contributed by atoms with Crippen molar-refractivity contribution in [1.29, 1.82) is 0 Å². The van der Waals surface area contributed by atoms with E-state index < -0.39 is 0 Å². The normalized spacial score (nSPS) is 25.9. The minimum atomic E-state index is 0.336. The van der Waals surface area contributed by atoms with Gasteiger partial charge in [0.2, 0.25) is 5.91 Å². The van der Waals surface area contributed by atoms with Crippen molar-refractivity contribution in [3.8, 4) is 0 Å². The Labute approximate surface area is 151 Å². The van der Waals surface area contributed by atoms with Crippen molar-refractivity contribution in [2.45, 2.75) is 25.4 Å². The number of piperazine rings is 2. The Morgan fingerprint density at radius 1 is 0.920 bits per heavy atom. The van der Waals surface area contributed by atoms with E-state index in [-0.39, 0.29) is 0 Å². The smallest absolute Gasteiger partial charge is 0.236 e. The molecule has 136 valence electrons. The van der Waals surface area contributed by atoms with E-state index in [2.05, 4.69) is 49.9 Å². The van der Waals surface area contributed by atoms with Gasteiger partial charge in [0.15, 0.2) is 0 Å². The lowest BCUT2D eigenvalue weighted by Gasteiger charge is -2.39. The highest BCUT2D eigenvalue weighted by Gasteiger charge is 2.33. The zero-order valence-corrected chi connectivity index (χ0v) is 15.1. The summed E-state index contributed by atoms with van der Waals surface area (Å²) in [7, 11) is 0. The van der Waals surface area contributed by atoms with E-state index in [0.717, 1.165) is 52.4 Å². The van der Waals surface area contributed by atoms with Crippen molar-refractivity contribution < 1.29 is 4.79 Å². The maximum atomic E-state index is 12.7. The van der Waals surface area contributed by atoms with E-state index in [1.54, 1.807) is 0 Å². The Morgan fingerprint density at radius 2 is 1.68 bits per heavy atom. The molecular weight excluding hydrogens is 312 g/mol. The van der Waals surface area contributed by atoms with Gasteiger partial charge in [0.05, 0.1) is 6.54 Å². The van der Waals surface area contributed by atoms with Crippen LogP contribution in [0.4, 0.5) is 0 Å². The molecule has 1 aromatic carbocycles. The van der Waals surface area contributed by atoms with E-state index in [1.807, 2.05) is 0 Å². The van der Waals surface area contributed by atoms with Gasteiger partial charge in [0.25, 0.3) is 0 Å². The topological polar surface area (TPSA) is 30.0 Å². The lowest BCUT2D eigenvalue weighted by atomic mass is 10.1. The van der Waals surface area contributed by atoms with E-state index in [0.29, 0.717) is 18.5 Å². The molecule has 1 aromatic rings. The van der Waals surface area contributed by atoms with Crippen LogP contribution in [-0.4, -0.2) is 90.5 Å². The number of carbonyl (C=O) groups is 1. The van der Waals surface area contributed by atoms with Crippen LogP contribution in [0, 0.1) is 0 Å². The van der Waals surface area contributed by atoms with Crippen LogP contribution in [-0.2, 0) is 11.3 Å². The molecule has 25 heavy (non-hydrogen) atoms. The first kappa shape index (κ1) is 17.0. The predicted molar refractivity (Wildman–Crippen MR) is 99.3 cm³/mol. The van der Waals surface area contributed by atoms with Crippen molar-refractivity contribution >= 4 is 5.91 Å². The highest BCUT2D eigenvalue weighted by molar-refractivity contribution is 5.78. The molecule has 3 aliphatic rings. The van der Waals surface area contributed by atoms with Gasteiger partial charge in [-0.15, -0.1) is 0 Å². The molecule has 5 heteroatoms. The van der Waals surface area contributed by atoms with Crippen molar-refractivity contribution in [1.82, 2.24) is 19.6 Å². The van der Waals surface area contributed by atoms with E-state index in [1.165, 1.54) is 24.9 Å². The Bertz CT molecular complexity index is 570. The van der Waals surface area contributed by atoms with Gasteiger partial charge in [-0.05, 0) is 24.9 Å². The molecule has 3 saturated heterocycles. The van der Waals surface area contributed by atoms with Crippen LogP contribution in [0.5, 0.6) is 0 Å². The first-order valence-electron chi connectivity index (χ1n) is 9.78. The fourth-order valence-corrected chi connectivity index (χ4v) is 4.46. The van der Waals surface area contributed by atoms with E-state index >= 15 is 0 Å². The minimum absolute atomic E-state index is 0.336. The second-order valence-corrected chi connectivity index (χ2v) is 7.71. The molecule has 0 aromatic heterocycles. The van der Waals surface area contributed by atoms with Crippen LogP contribution < -0.4 is 0 Å². The van der Waals surface area contributed by atoms with Crippen molar-refractivity contribution in [3.05, 3.63) is 35.9 Å². The summed E-state index contributed by atoms with van der Waals surface area (Å²) in [4.78, 5) is 22.2. The Hall–Kier alpha value is -1.43. The standard InChI is InChI=1S/C20H30N4O/c25-20(24-14-13-23-8-4-7-19(23)16-24)17-22-11-9-21(10-12-22)15-18-5-2-1-3-6-18/h1-3,5-6,19H,4,7-17H2. The fraction of sp³-hybridized carbons (Fsp3) is 0.650. The van der Waals surface area contributed by atoms with Gasteiger partial charge in [-0.1, -0.05) is 30.3 Å². The van der Waals surface area contributed by atoms with Crippen LogP contribution in [0.2, 0.25) is 0 Å². The molecule has 0 aliphatic carbocycles. The third kappa shape index (κ3) is 4.22. The Kier molecular flexibility index (Phi) is 5.34. The number of benzene rings is 1. The lowest BCUT2D eigenvalue weighted by Crippen LogP contribution is -2.55. The lowest BCUT2D eigenvalue weighted by molar-refractivity contribution is -0.135. The quantitative estimate of drug-likeness (QED) is 0.820. The SMILES string of the molecule is O=C(CN1CCN(Cc2ccccc2)CC1)N1CCN2CCCC2C1. The number of carbonyl (C=O) groups excluding carboxylic acids is 1. The molecule has 0 N–H and O–H groups in total. The maximum Gasteiger partial charge on any atom is 0.236 e. The van der Waals surface area contributed by atoms with Gasteiger partial charge < -0.3 is 4.90 Å². The Balaban J connectivity index is 1.21. The summed E-state index contributed by atoms with van der Waals surface area (Å²) in [6.07, 6.45) is 2.57. The molecule has 5 nitrogen and oxygen atoms in total. The van der Waals surface area contributed by atoms with Crippen LogP contribution in [0.3, 0.4) is 0 Å². The summed E-state index contributed by atoms with van der Waals surface area (Å²) in [5, 5.41) is 0. The number of rotatable bonds is 4. The van der Waals surface area contributed by atoms with Crippen LogP contribution >= 0.6 is 0 Å². The number of fused-ring (bicyclic) bond motifs is 1. The molecule has 0 bridgehead atoms. The molecule has 0 radical (unpaired) electrons. The minimum Gasteiger partial charge on any atom is -0.339 e. The third-order valence-electron chi connectivity index (χ3n) is 6.01. The molecule has 3 aliphatic heterocycles. The number of nitrogens with zero attached hydrogens (tertiary/aromatic N) is 4. The van der Waals surface area contributed by atoms with Gasteiger partial charge in [0, 0.05) is 58.4 Å². The van der Waals surface area contributed by atoms with Crippen molar-refractivity contribution in [2.24, 2.45) is 0 Å². The predicted octanol–water partition coefficient (Wildman–Crippen LogP) is 1.11. The first-order valence-corrected chi connectivity index (χ1v) is 9.78. The molecule has 3 fully saturated rings. The Morgan fingerprint density at radius 3 is 2.48 bits per heavy atom. The van der Waals surface area contributed by atoms with Gasteiger partial charge in [0.1, 0.15) is 0 Å². The molecule has 0 saturated carbocycles. The first-order chi connectivity index (χ1) is 12.3. The fourth-order valence-electron chi connectivity index (χ4n) is 4.46. The zero-order chi connectivity index (χ0) is 17.1. The molecule has 1 atom stereocenters. The summed E-state index contributed by atoms with van der Waals surface area (Å²) in [5.74, 6) is 0.336. The highest BCUT2D eigenvalue weighted by Crippen LogP contribution is 2.21. The number of hydrogen-bond acceptors (Lipinski definition) is 4. The van der Waals surface area contributed by atoms with Gasteiger partial charge >= 0.3 is 0 Å². The number of amides is 1. The summed E-state index contributed by atoms with van der Waals surface area (Å²) in [5.41, 5.74) is 1.38. The van der Waals surface area contributed by atoms with E-state index in [4.69, 9.17) is 0 Å². The monoisotopic (exact) mass is 342 g/mol.